The van der Waals surface area contributed by atoms with Crippen molar-refractivity contribution in [2.45, 2.75) is 33.7 Å². The summed E-state index contributed by atoms with van der Waals surface area (Å²) in [6.07, 6.45) is 0. The van der Waals surface area contributed by atoms with Crippen molar-refractivity contribution in [1.82, 2.24) is 10.2 Å². The van der Waals surface area contributed by atoms with E-state index in [1.807, 2.05) is 37.8 Å². The lowest BCUT2D eigenvalue weighted by molar-refractivity contribution is -0.123. The van der Waals surface area contributed by atoms with E-state index in [9.17, 15) is 9.59 Å². The zero-order chi connectivity index (χ0) is 16.3. The lowest BCUT2D eigenvalue weighted by Gasteiger charge is -2.32. The largest absolute Gasteiger partial charge is 0.336 e. The molecule has 6 heteroatoms. The Morgan fingerprint density at radius 3 is 2.52 bits per heavy atom. The molecule has 1 aliphatic rings. The average molecular weight is 340 g/mol. The molecule has 0 radical (unpaired) electrons. The Hall–Kier alpha value is -1.59. The Morgan fingerprint density at radius 1 is 1.26 bits per heavy atom. The molecule has 0 saturated carbocycles. The fourth-order valence-corrected chi connectivity index (χ4v) is 2.38. The molecule has 1 aromatic rings. The van der Waals surface area contributed by atoms with Crippen LogP contribution in [0.4, 0.5) is 5.69 Å². The smallest absolute Gasteiger partial charge is 0.256 e. The SMILES string of the molecule is CC1CN(C(=O)c2ccccc2NC(=O)C(C)(C)C)CCN1.Cl. The zero-order valence-corrected chi connectivity index (χ0v) is 15.0. The minimum absolute atomic E-state index is 0. The Morgan fingerprint density at radius 2 is 1.91 bits per heavy atom. The molecule has 0 aromatic heterocycles. The maximum absolute atomic E-state index is 12.7. The van der Waals surface area contributed by atoms with Gasteiger partial charge in [-0.05, 0) is 19.1 Å². The summed E-state index contributed by atoms with van der Waals surface area (Å²) in [4.78, 5) is 26.8. The van der Waals surface area contributed by atoms with Crippen LogP contribution >= 0.6 is 12.4 Å². The Labute approximate surface area is 144 Å². The summed E-state index contributed by atoms with van der Waals surface area (Å²) in [7, 11) is 0. The molecule has 23 heavy (non-hydrogen) atoms. The van der Waals surface area contributed by atoms with E-state index < -0.39 is 5.41 Å². The van der Waals surface area contributed by atoms with E-state index in [1.54, 1.807) is 12.1 Å². The lowest BCUT2D eigenvalue weighted by Crippen LogP contribution is -2.51. The molecule has 2 rings (SSSR count). The molecule has 1 unspecified atom stereocenters. The first-order chi connectivity index (χ1) is 10.3. The van der Waals surface area contributed by atoms with Crippen LogP contribution in [0.15, 0.2) is 24.3 Å². The van der Waals surface area contributed by atoms with Crippen molar-refractivity contribution < 1.29 is 9.59 Å². The number of benzene rings is 1. The van der Waals surface area contributed by atoms with E-state index in [4.69, 9.17) is 0 Å². The van der Waals surface area contributed by atoms with Crippen molar-refractivity contribution in [2.75, 3.05) is 25.0 Å². The third-order valence-electron chi connectivity index (χ3n) is 3.74. The molecule has 0 bridgehead atoms. The van der Waals surface area contributed by atoms with E-state index in [0.29, 0.717) is 24.3 Å². The number of hydrogen-bond acceptors (Lipinski definition) is 3. The van der Waals surface area contributed by atoms with Gasteiger partial charge in [0.1, 0.15) is 0 Å². The molecule has 1 saturated heterocycles. The summed E-state index contributed by atoms with van der Waals surface area (Å²) in [6.45, 7) is 9.78. The number of anilines is 1. The van der Waals surface area contributed by atoms with E-state index in [1.165, 1.54) is 0 Å². The van der Waals surface area contributed by atoms with Crippen molar-refractivity contribution in [2.24, 2.45) is 5.41 Å². The predicted octanol–water partition coefficient (Wildman–Crippen LogP) is 2.53. The molecule has 2 amide bonds. The van der Waals surface area contributed by atoms with Crippen LogP contribution in [-0.4, -0.2) is 42.4 Å². The van der Waals surface area contributed by atoms with E-state index in [-0.39, 0.29) is 30.3 Å². The second kappa shape index (κ2) is 7.79. The number of carbonyl (C=O) groups excluding carboxylic acids is 2. The normalized spacial score (nSPS) is 18.1. The van der Waals surface area contributed by atoms with Crippen molar-refractivity contribution >= 4 is 29.9 Å². The topological polar surface area (TPSA) is 61.4 Å². The first-order valence-corrected chi connectivity index (χ1v) is 7.72. The minimum atomic E-state index is -0.500. The van der Waals surface area contributed by atoms with Gasteiger partial charge in [-0.15, -0.1) is 12.4 Å². The highest BCUT2D eigenvalue weighted by molar-refractivity contribution is 6.04. The standard InChI is InChI=1S/C17H25N3O2.ClH/c1-12-11-20(10-9-18-12)15(21)13-7-5-6-8-14(13)19-16(22)17(2,3)4;/h5-8,12,18H,9-11H2,1-4H3,(H,19,22);1H. The van der Waals surface area contributed by atoms with Crippen molar-refractivity contribution in [3.63, 3.8) is 0 Å². The predicted molar refractivity (Wildman–Crippen MR) is 95.1 cm³/mol. The van der Waals surface area contributed by atoms with Crippen LogP contribution < -0.4 is 10.6 Å². The van der Waals surface area contributed by atoms with Gasteiger partial charge in [0.2, 0.25) is 5.91 Å². The summed E-state index contributed by atoms with van der Waals surface area (Å²) >= 11 is 0. The van der Waals surface area contributed by atoms with Gasteiger partial charge in [0, 0.05) is 31.1 Å². The van der Waals surface area contributed by atoms with Gasteiger partial charge in [-0.25, -0.2) is 0 Å². The maximum atomic E-state index is 12.7. The fraction of sp³-hybridized carbons (Fsp3) is 0.529. The second-order valence-corrected chi connectivity index (χ2v) is 6.86. The summed E-state index contributed by atoms with van der Waals surface area (Å²) in [6, 6.07) is 7.49. The number of rotatable bonds is 2. The third kappa shape index (κ3) is 4.94. The number of halogens is 1. The van der Waals surface area contributed by atoms with Crippen molar-refractivity contribution in [3.8, 4) is 0 Å². The van der Waals surface area contributed by atoms with Gasteiger partial charge in [0.15, 0.2) is 0 Å². The second-order valence-electron chi connectivity index (χ2n) is 6.86. The van der Waals surface area contributed by atoms with Gasteiger partial charge < -0.3 is 15.5 Å². The molecular formula is C17H26ClN3O2. The van der Waals surface area contributed by atoms with Gasteiger partial charge in [-0.1, -0.05) is 32.9 Å². The van der Waals surface area contributed by atoms with Crippen LogP contribution in [0, 0.1) is 5.41 Å². The first-order valence-electron chi connectivity index (χ1n) is 7.72. The summed E-state index contributed by atoms with van der Waals surface area (Å²) in [5.41, 5.74) is 0.632. The average Bonchev–Trinajstić information content (AvgIpc) is 2.46. The van der Waals surface area contributed by atoms with Crippen LogP contribution in [0.25, 0.3) is 0 Å². The zero-order valence-electron chi connectivity index (χ0n) is 14.2. The summed E-state index contributed by atoms with van der Waals surface area (Å²) < 4.78 is 0. The highest BCUT2D eigenvalue weighted by Gasteiger charge is 2.26. The molecular weight excluding hydrogens is 314 g/mol. The van der Waals surface area contributed by atoms with Crippen molar-refractivity contribution in [3.05, 3.63) is 29.8 Å². The number of hydrogen-bond donors (Lipinski definition) is 2. The molecule has 1 heterocycles. The number of carbonyl (C=O) groups is 2. The number of nitrogens with zero attached hydrogens (tertiary/aromatic N) is 1. The molecule has 1 atom stereocenters. The van der Waals surface area contributed by atoms with Crippen LogP contribution in [-0.2, 0) is 4.79 Å². The fourth-order valence-electron chi connectivity index (χ4n) is 2.38. The number of piperazine rings is 1. The Balaban J connectivity index is 0.00000264. The molecule has 1 aliphatic heterocycles. The first kappa shape index (κ1) is 19.5. The molecule has 0 aliphatic carbocycles. The van der Waals surface area contributed by atoms with E-state index >= 15 is 0 Å². The molecule has 2 N–H and O–H groups in total. The van der Waals surface area contributed by atoms with Gasteiger partial charge in [0.05, 0.1) is 11.3 Å². The molecule has 1 aromatic carbocycles. The highest BCUT2D eigenvalue weighted by atomic mass is 35.5. The summed E-state index contributed by atoms with van der Waals surface area (Å²) in [5.74, 6) is -0.125. The quantitative estimate of drug-likeness (QED) is 0.870. The van der Waals surface area contributed by atoms with Crippen LogP contribution in [0.3, 0.4) is 0 Å². The molecule has 5 nitrogen and oxygen atoms in total. The van der Waals surface area contributed by atoms with Crippen LogP contribution in [0.1, 0.15) is 38.1 Å². The van der Waals surface area contributed by atoms with Gasteiger partial charge in [-0.3, -0.25) is 9.59 Å². The highest BCUT2D eigenvalue weighted by Crippen LogP contribution is 2.22. The number of nitrogens with one attached hydrogen (secondary N) is 2. The van der Waals surface area contributed by atoms with Gasteiger partial charge in [0.25, 0.3) is 5.91 Å². The van der Waals surface area contributed by atoms with Gasteiger partial charge >= 0.3 is 0 Å². The Bertz CT molecular complexity index is 569. The lowest BCUT2D eigenvalue weighted by atomic mass is 9.95. The maximum Gasteiger partial charge on any atom is 0.256 e. The molecule has 0 spiro atoms. The van der Waals surface area contributed by atoms with E-state index in [0.717, 1.165) is 6.54 Å². The monoisotopic (exact) mass is 339 g/mol. The molecule has 1 fully saturated rings. The van der Waals surface area contributed by atoms with Crippen LogP contribution in [0.5, 0.6) is 0 Å². The van der Waals surface area contributed by atoms with Crippen molar-refractivity contribution in [1.29, 1.82) is 0 Å². The minimum Gasteiger partial charge on any atom is -0.336 e. The van der Waals surface area contributed by atoms with Crippen LogP contribution in [0.2, 0.25) is 0 Å². The van der Waals surface area contributed by atoms with E-state index in [2.05, 4.69) is 17.6 Å². The number of amides is 2. The number of para-hydroxylation sites is 1. The third-order valence-corrected chi connectivity index (χ3v) is 3.74. The molecule has 128 valence electrons. The summed E-state index contributed by atoms with van der Waals surface area (Å²) in [5, 5.41) is 6.20. The Kier molecular flexibility index (Phi) is 6.59. The van der Waals surface area contributed by atoms with Gasteiger partial charge in [-0.2, -0.15) is 0 Å².